The molecule has 2 aromatic heterocycles. The molecule has 2 N–H and O–H groups in total. The van der Waals surface area contributed by atoms with E-state index in [0.29, 0.717) is 12.3 Å². The van der Waals surface area contributed by atoms with Crippen LogP contribution in [0.3, 0.4) is 0 Å². The van der Waals surface area contributed by atoms with Crippen LogP contribution in [0.25, 0.3) is 0 Å². The number of hydrogen-bond acceptors (Lipinski definition) is 5. The number of nitrogens with one attached hydrogen (secondary N) is 2. The summed E-state index contributed by atoms with van der Waals surface area (Å²) in [5, 5.41) is 5.95. The molecule has 1 saturated heterocycles. The maximum atomic E-state index is 12.5. The van der Waals surface area contributed by atoms with Gasteiger partial charge in [-0.25, -0.2) is 0 Å². The van der Waals surface area contributed by atoms with Crippen LogP contribution in [0.5, 0.6) is 5.75 Å². The number of ether oxygens (including phenoxy) is 1. The molecule has 1 aliphatic rings. The first kappa shape index (κ1) is 16.3. The summed E-state index contributed by atoms with van der Waals surface area (Å²) >= 11 is 0. The van der Waals surface area contributed by atoms with Crippen LogP contribution < -0.4 is 20.9 Å². The number of pyridine rings is 1. The molecule has 0 aliphatic carbocycles. The molecule has 0 saturated carbocycles. The second-order valence-corrected chi connectivity index (χ2v) is 5.71. The third-order valence-corrected chi connectivity index (χ3v) is 4.04. The van der Waals surface area contributed by atoms with Crippen LogP contribution in [0.1, 0.15) is 24.6 Å². The highest BCUT2D eigenvalue weighted by atomic mass is 16.5. The topological polar surface area (TPSA) is 85.5 Å². The SMILES string of the molecule is O=C(COc1cccn(C2CCNCC2)c1=O)NCc1ccco1. The highest BCUT2D eigenvalue weighted by Gasteiger charge is 2.17. The zero-order chi connectivity index (χ0) is 16.8. The number of hydrogen-bond donors (Lipinski definition) is 2. The summed E-state index contributed by atoms with van der Waals surface area (Å²) in [6, 6.07) is 7.08. The number of piperidine rings is 1. The number of rotatable bonds is 6. The Hall–Kier alpha value is -2.54. The van der Waals surface area contributed by atoms with Crippen LogP contribution in [0.15, 0.2) is 45.9 Å². The van der Waals surface area contributed by atoms with Gasteiger partial charge in [-0.15, -0.1) is 0 Å². The van der Waals surface area contributed by atoms with Crippen molar-refractivity contribution in [3.8, 4) is 5.75 Å². The van der Waals surface area contributed by atoms with E-state index in [1.807, 2.05) is 0 Å². The average molecular weight is 331 g/mol. The van der Waals surface area contributed by atoms with Crippen molar-refractivity contribution in [2.75, 3.05) is 19.7 Å². The van der Waals surface area contributed by atoms with Gasteiger partial charge in [-0.3, -0.25) is 9.59 Å². The van der Waals surface area contributed by atoms with E-state index in [2.05, 4.69) is 10.6 Å². The molecule has 0 spiro atoms. The van der Waals surface area contributed by atoms with Crippen molar-refractivity contribution in [3.05, 3.63) is 52.8 Å². The monoisotopic (exact) mass is 331 g/mol. The third kappa shape index (κ3) is 4.05. The molecule has 1 aliphatic heterocycles. The standard InChI is InChI=1S/C17H21N3O4/c21-16(19-11-14-3-2-10-23-14)12-24-15-4-1-9-20(17(15)22)13-5-7-18-8-6-13/h1-4,9-10,13,18H,5-8,11-12H2,(H,19,21). The zero-order valence-corrected chi connectivity index (χ0v) is 13.4. The molecule has 1 fully saturated rings. The summed E-state index contributed by atoms with van der Waals surface area (Å²) in [4.78, 5) is 24.3. The fourth-order valence-electron chi connectivity index (χ4n) is 2.76. The number of nitrogens with zero attached hydrogens (tertiary/aromatic N) is 1. The van der Waals surface area contributed by atoms with E-state index in [1.54, 1.807) is 41.3 Å². The van der Waals surface area contributed by atoms with Gasteiger partial charge in [0.25, 0.3) is 11.5 Å². The highest BCUT2D eigenvalue weighted by molar-refractivity contribution is 5.77. The Morgan fingerprint density at radius 1 is 1.33 bits per heavy atom. The molecular weight excluding hydrogens is 310 g/mol. The van der Waals surface area contributed by atoms with Crippen LogP contribution in [0.4, 0.5) is 0 Å². The Balaban J connectivity index is 1.56. The van der Waals surface area contributed by atoms with Crippen molar-refractivity contribution in [1.82, 2.24) is 15.2 Å². The molecular formula is C17H21N3O4. The minimum absolute atomic E-state index is 0.176. The van der Waals surface area contributed by atoms with Gasteiger partial charge in [-0.05, 0) is 50.2 Å². The van der Waals surface area contributed by atoms with Gasteiger partial charge in [-0.2, -0.15) is 0 Å². The Kier molecular flexibility index (Phi) is 5.32. The normalized spacial score (nSPS) is 15.2. The van der Waals surface area contributed by atoms with Crippen molar-refractivity contribution in [2.45, 2.75) is 25.4 Å². The molecule has 24 heavy (non-hydrogen) atoms. The molecule has 128 valence electrons. The Morgan fingerprint density at radius 2 is 2.17 bits per heavy atom. The predicted molar refractivity (Wildman–Crippen MR) is 87.9 cm³/mol. The minimum Gasteiger partial charge on any atom is -0.478 e. The van der Waals surface area contributed by atoms with Gasteiger partial charge in [0.1, 0.15) is 5.76 Å². The van der Waals surface area contributed by atoms with Gasteiger partial charge in [0.05, 0.1) is 12.8 Å². The second-order valence-electron chi connectivity index (χ2n) is 5.71. The largest absolute Gasteiger partial charge is 0.478 e. The van der Waals surface area contributed by atoms with E-state index in [4.69, 9.17) is 9.15 Å². The summed E-state index contributed by atoms with van der Waals surface area (Å²) in [6.07, 6.45) is 5.15. The number of furan rings is 1. The quantitative estimate of drug-likeness (QED) is 0.827. The summed E-state index contributed by atoms with van der Waals surface area (Å²) in [6.45, 7) is 1.89. The Morgan fingerprint density at radius 3 is 2.92 bits per heavy atom. The summed E-state index contributed by atoms with van der Waals surface area (Å²) < 4.78 is 12.2. The van der Waals surface area contributed by atoms with E-state index >= 15 is 0 Å². The molecule has 0 radical (unpaired) electrons. The fraction of sp³-hybridized carbons (Fsp3) is 0.412. The maximum Gasteiger partial charge on any atom is 0.293 e. The Bertz CT molecular complexity index is 718. The number of aromatic nitrogens is 1. The molecule has 7 nitrogen and oxygen atoms in total. The molecule has 0 aromatic carbocycles. The van der Waals surface area contributed by atoms with Crippen molar-refractivity contribution >= 4 is 5.91 Å². The van der Waals surface area contributed by atoms with Crippen LogP contribution in [0.2, 0.25) is 0 Å². The number of amides is 1. The first-order chi connectivity index (χ1) is 11.7. The summed E-state index contributed by atoms with van der Waals surface area (Å²) in [5.41, 5.74) is -0.191. The van der Waals surface area contributed by atoms with Gasteiger partial charge < -0.3 is 24.4 Å². The molecule has 0 unspecified atom stereocenters. The fourth-order valence-corrected chi connectivity index (χ4v) is 2.76. The maximum absolute atomic E-state index is 12.5. The molecule has 1 amide bonds. The van der Waals surface area contributed by atoms with Crippen LogP contribution in [-0.2, 0) is 11.3 Å². The van der Waals surface area contributed by atoms with Crippen LogP contribution in [-0.4, -0.2) is 30.2 Å². The number of carbonyl (C=O) groups excluding carboxylic acids is 1. The average Bonchev–Trinajstić information content (AvgIpc) is 3.13. The van der Waals surface area contributed by atoms with E-state index in [9.17, 15) is 9.59 Å². The second kappa shape index (κ2) is 7.83. The third-order valence-electron chi connectivity index (χ3n) is 4.04. The van der Waals surface area contributed by atoms with Gasteiger partial charge >= 0.3 is 0 Å². The molecule has 2 aromatic rings. The molecule has 7 heteroatoms. The van der Waals surface area contributed by atoms with E-state index in [0.717, 1.165) is 25.9 Å². The van der Waals surface area contributed by atoms with E-state index in [-0.39, 0.29) is 29.9 Å². The van der Waals surface area contributed by atoms with E-state index in [1.165, 1.54) is 0 Å². The van der Waals surface area contributed by atoms with E-state index < -0.39 is 0 Å². The van der Waals surface area contributed by atoms with Gasteiger partial charge in [0.2, 0.25) is 0 Å². The summed E-state index contributed by atoms with van der Waals surface area (Å²) in [7, 11) is 0. The van der Waals surface area contributed by atoms with Crippen molar-refractivity contribution in [2.24, 2.45) is 0 Å². The minimum atomic E-state index is -0.303. The van der Waals surface area contributed by atoms with Gasteiger partial charge in [0, 0.05) is 12.2 Å². The Labute approximate surface area is 139 Å². The first-order valence-electron chi connectivity index (χ1n) is 8.08. The van der Waals surface area contributed by atoms with Gasteiger partial charge in [-0.1, -0.05) is 0 Å². The van der Waals surface area contributed by atoms with Crippen molar-refractivity contribution in [1.29, 1.82) is 0 Å². The van der Waals surface area contributed by atoms with Gasteiger partial charge in [0.15, 0.2) is 12.4 Å². The molecule has 0 atom stereocenters. The lowest BCUT2D eigenvalue weighted by Crippen LogP contribution is -2.35. The molecule has 3 heterocycles. The summed E-state index contributed by atoms with van der Waals surface area (Å²) in [5.74, 6) is 0.559. The lowest BCUT2D eigenvalue weighted by Gasteiger charge is -2.25. The predicted octanol–water partition coefficient (Wildman–Crippen LogP) is 1.06. The van der Waals surface area contributed by atoms with Crippen molar-refractivity contribution < 1.29 is 13.9 Å². The van der Waals surface area contributed by atoms with Crippen molar-refractivity contribution in [3.63, 3.8) is 0 Å². The highest BCUT2D eigenvalue weighted by Crippen LogP contribution is 2.17. The lowest BCUT2D eigenvalue weighted by molar-refractivity contribution is -0.123. The first-order valence-corrected chi connectivity index (χ1v) is 8.08. The molecule has 0 bridgehead atoms. The number of carbonyl (C=O) groups is 1. The lowest BCUT2D eigenvalue weighted by atomic mass is 10.1. The van der Waals surface area contributed by atoms with Crippen LogP contribution >= 0.6 is 0 Å². The zero-order valence-electron chi connectivity index (χ0n) is 13.4. The van der Waals surface area contributed by atoms with Crippen LogP contribution in [0, 0.1) is 0 Å². The molecule has 3 rings (SSSR count). The smallest absolute Gasteiger partial charge is 0.293 e.